The molecule has 2 N–H and O–H groups in total. The van der Waals surface area contributed by atoms with E-state index in [1.807, 2.05) is 43.4 Å². The molecule has 5 heteroatoms. The van der Waals surface area contributed by atoms with Crippen molar-refractivity contribution in [2.24, 2.45) is 5.73 Å². The van der Waals surface area contributed by atoms with Crippen LogP contribution in [-0.4, -0.2) is 33.4 Å². The minimum Gasteiger partial charge on any atom is -0.342 e. The Bertz CT molecular complexity index is 394. The van der Waals surface area contributed by atoms with Gasteiger partial charge in [-0.3, -0.25) is 4.79 Å². The lowest BCUT2D eigenvalue weighted by Gasteiger charge is -2.19. The van der Waals surface area contributed by atoms with E-state index in [0.717, 1.165) is 31.0 Å². The molecule has 18 heavy (non-hydrogen) atoms. The van der Waals surface area contributed by atoms with Crippen molar-refractivity contribution in [2.45, 2.75) is 46.7 Å². The van der Waals surface area contributed by atoms with Gasteiger partial charge in [-0.15, -0.1) is 0 Å². The summed E-state index contributed by atoms with van der Waals surface area (Å²) in [5.74, 6) is 1.05. The Balaban J connectivity index is 2.86. The molecular formula is C13H24N4O. The maximum absolute atomic E-state index is 12.1. The van der Waals surface area contributed by atoms with E-state index in [1.165, 1.54) is 0 Å². The first kappa shape index (κ1) is 14.7. The van der Waals surface area contributed by atoms with Gasteiger partial charge in [-0.05, 0) is 20.8 Å². The molecule has 1 atom stereocenters. The van der Waals surface area contributed by atoms with Gasteiger partial charge < -0.3 is 15.2 Å². The first-order chi connectivity index (χ1) is 8.53. The summed E-state index contributed by atoms with van der Waals surface area (Å²) in [6, 6.07) is -0.0971. The largest absolute Gasteiger partial charge is 0.342 e. The molecule has 0 unspecified atom stereocenters. The van der Waals surface area contributed by atoms with Crippen LogP contribution in [0, 0.1) is 0 Å². The van der Waals surface area contributed by atoms with Gasteiger partial charge in [0, 0.05) is 31.7 Å². The Morgan fingerprint density at radius 1 is 1.44 bits per heavy atom. The van der Waals surface area contributed by atoms with Crippen LogP contribution in [0.25, 0.3) is 0 Å². The third kappa shape index (κ3) is 3.32. The summed E-state index contributed by atoms with van der Waals surface area (Å²) >= 11 is 0. The third-order valence-corrected chi connectivity index (χ3v) is 3.08. The van der Waals surface area contributed by atoms with Gasteiger partial charge in [0.15, 0.2) is 0 Å². The molecule has 1 aromatic rings. The maximum atomic E-state index is 12.1. The van der Waals surface area contributed by atoms with Crippen LogP contribution in [0.15, 0.2) is 6.20 Å². The highest BCUT2D eigenvalue weighted by molar-refractivity contribution is 5.76. The molecule has 1 amide bonds. The van der Waals surface area contributed by atoms with Gasteiger partial charge in [0.05, 0.1) is 5.69 Å². The monoisotopic (exact) mass is 252 g/mol. The fraction of sp³-hybridized carbons (Fsp3) is 0.692. The molecule has 0 aromatic carbocycles. The van der Waals surface area contributed by atoms with Crippen LogP contribution in [0.1, 0.15) is 45.3 Å². The second-order valence-electron chi connectivity index (χ2n) is 4.42. The summed E-state index contributed by atoms with van der Waals surface area (Å²) in [7, 11) is 0. The highest BCUT2D eigenvalue weighted by Gasteiger charge is 2.15. The van der Waals surface area contributed by atoms with Crippen LogP contribution in [0.3, 0.4) is 0 Å². The third-order valence-electron chi connectivity index (χ3n) is 3.08. The molecule has 0 saturated carbocycles. The van der Waals surface area contributed by atoms with Crippen molar-refractivity contribution in [1.29, 1.82) is 0 Å². The summed E-state index contributed by atoms with van der Waals surface area (Å²) in [6.07, 6.45) is 2.70. The van der Waals surface area contributed by atoms with Gasteiger partial charge in [-0.25, -0.2) is 4.98 Å². The smallest absolute Gasteiger partial charge is 0.242 e. The van der Waals surface area contributed by atoms with Gasteiger partial charge in [-0.1, -0.05) is 6.92 Å². The van der Waals surface area contributed by atoms with Gasteiger partial charge in [0.2, 0.25) is 5.91 Å². The number of amides is 1. The van der Waals surface area contributed by atoms with Crippen LogP contribution in [-0.2, 0) is 17.8 Å². The number of hydrogen-bond donors (Lipinski definition) is 1. The number of aryl methyl sites for hydroxylation is 1. The lowest BCUT2D eigenvalue weighted by Crippen LogP contribution is -2.33. The zero-order valence-electron chi connectivity index (χ0n) is 11.8. The zero-order valence-corrected chi connectivity index (χ0v) is 11.8. The Morgan fingerprint density at radius 2 is 2.06 bits per heavy atom. The van der Waals surface area contributed by atoms with Gasteiger partial charge in [0.25, 0.3) is 0 Å². The van der Waals surface area contributed by atoms with Crippen LogP contribution < -0.4 is 5.73 Å². The van der Waals surface area contributed by atoms with Crippen LogP contribution in [0.4, 0.5) is 0 Å². The fourth-order valence-electron chi connectivity index (χ4n) is 1.94. The van der Waals surface area contributed by atoms with Gasteiger partial charge in [-0.2, -0.15) is 0 Å². The molecule has 102 valence electrons. The summed E-state index contributed by atoms with van der Waals surface area (Å²) in [6.45, 7) is 9.75. The van der Waals surface area contributed by atoms with E-state index in [4.69, 9.17) is 5.73 Å². The van der Waals surface area contributed by atoms with Crippen LogP contribution in [0.2, 0.25) is 0 Å². The topological polar surface area (TPSA) is 64.1 Å². The number of carbonyl (C=O) groups excluding carboxylic acids is 1. The summed E-state index contributed by atoms with van der Waals surface area (Å²) < 4.78 is 1.92. The summed E-state index contributed by atoms with van der Waals surface area (Å²) in [5.41, 5.74) is 6.67. The molecule has 0 aliphatic rings. The molecule has 1 heterocycles. The number of nitrogens with two attached hydrogens (primary N) is 1. The Morgan fingerprint density at radius 3 is 2.50 bits per heavy atom. The van der Waals surface area contributed by atoms with Crippen molar-refractivity contribution >= 4 is 5.91 Å². The van der Waals surface area contributed by atoms with Crippen molar-refractivity contribution in [1.82, 2.24) is 14.5 Å². The zero-order chi connectivity index (χ0) is 13.7. The summed E-state index contributed by atoms with van der Waals surface area (Å²) in [4.78, 5) is 18.4. The van der Waals surface area contributed by atoms with Crippen molar-refractivity contribution in [3.8, 4) is 0 Å². The van der Waals surface area contributed by atoms with E-state index in [1.54, 1.807) is 0 Å². The average Bonchev–Trinajstić information content (AvgIpc) is 2.74. The molecule has 5 nitrogen and oxygen atoms in total. The van der Waals surface area contributed by atoms with E-state index in [2.05, 4.69) is 4.98 Å². The van der Waals surface area contributed by atoms with Crippen molar-refractivity contribution in [3.05, 3.63) is 17.7 Å². The van der Waals surface area contributed by atoms with Crippen LogP contribution in [0.5, 0.6) is 0 Å². The first-order valence-electron chi connectivity index (χ1n) is 6.62. The molecule has 0 aliphatic heterocycles. The van der Waals surface area contributed by atoms with Crippen LogP contribution >= 0.6 is 0 Å². The highest BCUT2D eigenvalue weighted by Crippen LogP contribution is 2.11. The molecule has 0 bridgehead atoms. The Kier molecular flexibility index (Phi) is 5.34. The molecular weight excluding hydrogens is 228 g/mol. The number of carbonyl (C=O) groups is 1. The molecule has 0 radical (unpaired) electrons. The van der Waals surface area contributed by atoms with Gasteiger partial charge in [0.1, 0.15) is 12.4 Å². The molecule has 1 aromatic heterocycles. The van der Waals surface area contributed by atoms with E-state index >= 15 is 0 Å². The van der Waals surface area contributed by atoms with E-state index in [9.17, 15) is 4.79 Å². The lowest BCUT2D eigenvalue weighted by atomic mass is 10.3. The minimum atomic E-state index is -0.0971. The van der Waals surface area contributed by atoms with Gasteiger partial charge >= 0.3 is 0 Å². The summed E-state index contributed by atoms with van der Waals surface area (Å²) in [5, 5.41) is 0. The fourth-order valence-corrected chi connectivity index (χ4v) is 1.94. The number of hydrogen-bond acceptors (Lipinski definition) is 3. The van der Waals surface area contributed by atoms with E-state index < -0.39 is 0 Å². The predicted molar refractivity (Wildman–Crippen MR) is 72.1 cm³/mol. The van der Waals surface area contributed by atoms with E-state index in [-0.39, 0.29) is 11.9 Å². The van der Waals surface area contributed by atoms with Crippen molar-refractivity contribution in [2.75, 3.05) is 13.1 Å². The number of imidazole rings is 1. The first-order valence-corrected chi connectivity index (χ1v) is 6.62. The van der Waals surface area contributed by atoms with Crippen molar-refractivity contribution < 1.29 is 4.79 Å². The molecule has 1 rings (SSSR count). The number of aromatic nitrogens is 2. The standard InChI is InChI=1S/C13H24N4O/c1-5-12-15-11(10(4)14)8-17(12)9-13(18)16(6-2)7-3/h8,10H,5-7,9,14H2,1-4H3/t10-/m0/s1. The number of nitrogens with zero attached hydrogens (tertiary/aromatic N) is 3. The van der Waals surface area contributed by atoms with E-state index in [0.29, 0.717) is 6.54 Å². The minimum absolute atomic E-state index is 0.0971. The Hall–Kier alpha value is -1.36. The second kappa shape index (κ2) is 6.54. The maximum Gasteiger partial charge on any atom is 0.242 e. The molecule has 0 saturated heterocycles. The quantitative estimate of drug-likeness (QED) is 0.830. The molecule has 0 spiro atoms. The SMILES string of the molecule is CCc1nc([C@H](C)N)cn1CC(=O)N(CC)CC. The number of likely N-dealkylation sites (N-methyl/N-ethyl adjacent to an activating group) is 1. The Labute approximate surface area is 109 Å². The predicted octanol–water partition coefficient (Wildman–Crippen LogP) is 1.33. The average molecular weight is 252 g/mol. The highest BCUT2D eigenvalue weighted by atomic mass is 16.2. The molecule has 0 aliphatic carbocycles. The number of rotatable bonds is 6. The second-order valence-corrected chi connectivity index (χ2v) is 4.42. The normalized spacial score (nSPS) is 12.5. The molecule has 0 fully saturated rings. The van der Waals surface area contributed by atoms with Crippen molar-refractivity contribution in [3.63, 3.8) is 0 Å². The lowest BCUT2D eigenvalue weighted by molar-refractivity contribution is -0.131.